The third-order valence-corrected chi connectivity index (χ3v) is 4.08. The molecule has 10 heavy (non-hydrogen) atoms. The second-order valence-corrected chi connectivity index (χ2v) is 4.88. The van der Waals surface area contributed by atoms with Crippen molar-refractivity contribution in [1.82, 2.24) is 0 Å². The van der Waals surface area contributed by atoms with Crippen LogP contribution < -0.4 is 0 Å². The van der Waals surface area contributed by atoms with Crippen molar-refractivity contribution in [3.05, 3.63) is 0 Å². The highest BCUT2D eigenvalue weighted by atomic mass is 79.9. The summed E-state index contributed by atoms with van der Waals surface area (Å²) in [6.45, 7) is 4.00. The second-order valence-electron chi connectivity index (χ2n) is 3.25. The van der Waals surface area contributed by atoms with E-state index in [9.17, 15) is 4.79 Å². The number of hydrogen-bond donors (Lipinski definition) is 0. The van der Waals surface area contributed by atoms with Gasteiger partial charge in [-0.05, 0) is 0 Å². The first-order valence-electron chi connectivity index (χ1n) is 3.26. The van der Waals surface area contributed by atoms with Crippen LogP contribution in [0.25, 0.3) is 0 Å². The third kappa shape index (κ3) is 0.981. The number of carbonyl (C=O) groups excluding carboxylic acids is 1. The van der Waals surface area contributed by atoms with E-state index >= 15 is 0 Å². The predicted octanol–water partition coefficient (Wildman–Crippen LogP) is 2.37. The van der Waals surface area contributed by atoms with Crippen molar-refractivity contribution in [1.29, 1.82) is 0 Å². The molecule has 1 rings (SSSR count). The van der Waals surface area contributed by atoms with Gasteiger partial charge in [0.15, 0.2) is 5.78 Å². The maximum Gasteiger partial charge on any atom is 0.152 e. The van der Waals surface area contributed by atoms with E-state index in [1.807, 2.05) is 13.8 Å². The Morgan fingerprint density at radius 2 is 2.10 bits per heavy atom. The zero-order valence-electron chi connectivity index (χ0n) is 6.03. The van der Waals surface area contributed by atoms with Crippen LogP contribution in [0.15, 0.2) is 0 Å². The van der Waals surface area contributed by atoms with Crippen LogP contribution >= 0.6 is 31.9 Å². The number of carbonyl (C=O) groups is 1. The highest BCUT2D eigenvalue weighted by Crippen LogP contribution is 2.47. The van der Waals surface area contributed by atoms with E-state index in [4.69, 9.17) is 0 Å². The molecule has 1 nitrogen and oxygen atoms in total. The maximum absolute atomic E-state index is 11.2. The summed E-state index contributed by atoms with van der Waals surface area (Å²) < 4.78 is 0. The first kappa shape index (κ1) is 8.72. The van der Waals surface area contributed by atoms with Crippen molar-refractivity contribution in [3.8, 4) is 0 Å². The fourth-order valence-electron chi connectivity index (χ4n) is 1.26. The molecule has 0 heterocycles. The predicted molar refractivity (Wildman–Crippen MR) is 48.8 cm³/mol. The van der Waals surface area contributed by atoms with Gasteiger partial charge in [-0.15, -0.1) is 0 Å². The molecule has 58 valence electrons. The number of ketones is 1. The van der Waals surface area contributed by atoms with Gasteiger partial charge in [0.1, 0.15) is 0 Å². The lowest BCUT2D eigenvalue weighted by Crippen LogP contribution is -2.56. The van der Waals surface area contributed by atoms with Crippen LogP contribution in [0.2, 0.25) is 0 Å². The van der Waals surface area contributed by atoms with Crippen LogP contribution in [0, 0.1) is 11.3 Å². The average molecular weight is 270 g/mol. The minimum absolute atomic E-state index is 0.0851. The van der Waals surface area contributed by atoms with Crippen LogP contribution in [0.3, 0.4) is 0 Å². The van der Waals surface area contributed by atoms with Crippen molar-refractivity contribution < 1.29 is 4.79 Å². The molecular weight excluding hydrogens is 260 g/mol. The first-order valence-corrected chi connectivity index (χ1v) is 5.30. The van der Waals surface area contributed by atoms with E-state index in [1.165, 1.54) is 0 Å². The third-order valence-electron chi connectivity index (χ3n) is 2.33. The van der Waals surface area contributed by atoms with Crippen LogP contribution in [-0.4, -0.2) is 15.9 Å². The van der Waals surface area contributed by atoms with Gasteiger partial charge in [0, 0.05) is 16.7 Å². The van der Waals surface area contributed by atoms with Crippen molar-refractivity contribution in [2.75, 3.05) is 5.33 Å². The van der Waals surface area contributed by atoms with E-state index < -0.39 is 0 Å². The molecule has 1 aliphatic carbocycles. The van der Waals surface area contributed by atoms with Gasteiger partial charge in [0.25, 0.3) is 0 Å². The van der Waals surface area contributed by atoms with Gasteiger partial charge >= 0.3 is 0 Å². The van der Waals surface area contributed by atoms with Crippen molar-refractivity contribution in [2.45, 2.75) is 18.7 Å². The van der Waals surface area contributed by atoms with Crippen LogP contribution in [0.1, 0.15) is 13.8 Å². The van der Waals surface area contributed by atoms with Gasteiger partial charge < -0.3 is 0 Å². The Kier molecular flexibility index (Phi) is 2.26. The van der Waals surface area contributed by atoms with E-state index in [-0.39, 0.29) is 10.2 Å². The summed E-state index contributed by atoms with van der Waals surface area (Å²) in [5.74, 6) is 0.789. The van der Waals surface area contributed by atoms with Gasteiger partial charge in [-0.3, -0.25) is 4.79 Å². The molecular formula is C7H10Br2O. The Bertz CT molecular complexity index is 165. The molecule has 0 aliphatic heterocycles. The number of alkyl halides is 2. The molecule has 1 fully saturated rings. The normalized spacial score (nSPS) is 37.4. The molecule has 0 saturated heterocycles. The van der Waals surface area contributed by atoms with Crippen molar-refractivity contribution in [3.63, 3.8) is 0 Å². The Balaban J connectivity index is 2.71. The smallest absolute Gasteiger partial charge is 0.152 e. The summed E-state index contributed by atoms with van der Waals surface area (Å²) in [5, 5.41) is 0.904. The fourth-order valence-corrected chi connectivity index (χ4v) is 4.38. The molecule has 0 N–H and O–H groups in total. The molecule has 1 saturated carbocycles. The topological polar surface area (TPSA) is 17.1 Å². The Hall–Kier alpha value is 0.630. The zero-order valence-corrected chi connectivity index (χ0v) is 9.20. The molecule has 2 unspecified atom stereocenters. The van der Waals surface area contributed by atoms with Crippen LogP contribution in [0.4, 0.5) is 0 Å². The Morgan fingerprint density at radius 1 is 1.60 bits per heavy atom. The largest absolute Gasteiger partial charge is 0.298 e. The zero-order chi connectivity index (χ0) is 7.94. The van der Waals surface area contributed by atoms with Crippen molar-refractivity contribution >= 4 is 37.6 Å². The highest BCUT2D eigenvalue weighted by Gasteiger charge is 2.53. The standard InChI is InChI=1S/C7H10Br2O/c1-7(2)4(3-8)5(9)6(7)10/h4-5H,3H2,1-2H3. The molecule has 0 aromatic rings. The van der Waals surface area contributed by atoms with E-state index in [0.29, 0.717) is 11.7 Å². The second kappa shape index (κ2) is 2.59. The quantitative estimate of drug-likeness (QED) is 0.668. The van der Waals surface area contributed by atoms with Crippen molar-refractivity contribution in [2.24, 2.45) is 11.3 Å². The minimum Gasteiger partial charge on any atom is -0.298 e. The average Bonchev–Trinajstić information content (AvgIpc) is 1.88. The number of Topliss-reactive ketones (excluding diaryl/α,β-unsaturated/α-hetero) is 1. The lowest BCUT2D eigenvalue weighted by Gasteiger charge is -2.46. The van der Waals surface area contributed by atoms with Crippen LogP contribution in [0.5, 0.6) is 0 Å². The molecule has 3 heteroatoms. The molecule has 2 atom stereocenters. The highest BCUT2D eigenvalue weighted by molar-refractivity contribution is 9.10. The molecule has 0 amide bonds. The lowest BCUT2D eigenvalue weighted by molar-refractivity contribution is -0.139. The number of rotatable bonds is 1. The Labute approximate surface area is 77.8 Å². The molecule has 0 aromatic heterocycles. The van der Waals surface area contributed by atoms with Gasteiger partial charge in [-0.1, -0.05) is 45.7 Å². The summed E-state index contributed by atoms with van der Waals surface area (Å²) in [5.41, 5.74) is -0.113. The summed E-state index contributed by atoms with van der Waals surface area (Å²) in [6.07, 6.45) is 0. The minimum atomic E-state index is -0.113. The molecule has 1 aliphatic rings. The summed E-state index contributed by atoms with van der Waals surface area (Å²) in [7, 11) is 0. The monoisotopic (exact) mass is 268 g/mol. The molecule has 0 aromatic carbocycles. The van der Waals surface area contributed by atoms with Gasteiger partial charge in [0.05, 0.1) is 4.83 Å². The SMILES string of the molecule is CC1(C)C(=O)C(Br)C1CBr. The summed E-state index contributed by atoms with van der Waals surface area (Å²) >= 11 is 6.74. The van der Waals surface area contributed by atoms with Gasteiger partial charge in [-0.25, -0.2) is 0 Å². The van der Waals surface area contributed by atoms with E-state index in [2.05, 4.69) is 31.9 Å². The number of hydrogen-bond acceptors (Lipinski definition) is 1. The van der Waals surface area contributed by atoms with E-state index in [1.54, 1.807) is 0 Å². The molecule has 0 bridgehead atoms. The number of halogens is 2. The molecule has 0 spiro atoms. The Morgan fingerprint density at radius 3 is 2.30 bits per heavy atom. The first-order chi connectivity index (χ1) is 4.51. The fraction of sp³-hybridized carbons (Fsp3) is 0.857. The summed E-state index contributed by atoms with van der Waals surface area (Å²) in [6, 6.07) is 0. The van der Waals surface area contributed by atoms with Crippen LogP contribution in [-0.2, 0) is 4.79 Å². The van der Waals surface area contributed by atoms with E-state index in [0.717, 1.165) is 5.33 Å². The lowest BCUT2D eigenvalue weighted by atomic mass is 9.62. The van der Waals surface area contributed by atoms with Gasteiger partial charge in [0.2, 0.25) is 0 Å². The maximum atomic E-state index is 11.2. The summed E-state index contributed by atoms with van der Waals surface area (Å²) in [4.78, 5) is 11.3. The van der Waals surface area contributed by atoms with Gasteiger partial charge in [-0.2, -0.15) is 0 Å². The molecule has 0 radical (unpaired) electrons.